The molecule has 4 rings (SSSR count). The number of oxazole rings is 1. The zero-order valence-corrected chi connectivity index (χ0v) is 13.1. The van der Waals surface area contributed by atoms with Gasteiger partial charge in [-0.15, -0.1) is 0 Å². The van der Waals surface area contributed by atoms with Crippen LogP contribution in [-0.2, 0) is 0 Å². The van der Waals surface area contributed by atoms with E-state index < -0.39 is 0 Å². The highest BCUT2D eigenvalue weighted by molar-refractivity contribution is 5.58. The molecule has 116 valence electrons. The number of hydrogen-bond acceptors (Lipinski definition) is 3. The molecule has 1 aromatic carbocycles. The Balaban J connectivity index is 1.66. The summed E-state index contributed by atoms with van der Waals surface area (Å²) in [4.78, 5) is 8.81. The normalized spacial score (nSPS) is 16.5. The van der Waals surface area contributed by atoms with E-state index in [1.807, 2.05) is 30.6 Å². The Hall–Kier alpha value is -2.42. The van der Waals surface area contributed by atoms with Crippen molar-refractivity contribution in [2.24, 2.45) is 5.92 Å². The monoisotopic (exact) mass is 304 g/mol. The SMILES string of the molecule is c1ccc(-c2ccc(C(c3cnco3)C3CCCC3)cn2)cc1. The van der Waals surface area contributed by atoms with Crippen molar-refractivity contribution in [3.63, 3.8) is 0 Å². The van der Waals surface area contributed by atoms with Gasteiger partial charge in [-0.3, -0.25) is 4.98 Å². The fourth-order valence-electron chi connectivity index (χ4n) is 3.71. The van der Waals surface area contributed by atoms with E-state index in [0.29, 0.717) is 5.92 Å². The zero-order valence-electron chi connectivity index (χ0n) is 13.1. The summed E-state index contributed by atoms with van der Waals surface area (Å²) in [5.74, 6) is 1.87. The summed E-state index contributed by atoms with van der Waals surface area (Å²) in [6, 6.07) is 14.6. The van der Waals surface area contributed by atoms with E-state index in [1.165, 1.54) is 37.6 Å². The maximum Gasteiger partial charge on any atom is 0.180 e. The summed E-state index contributed by atoms with van der Waals surface area (Å²) >= 11 is 0. The Morgan fingerprint density at radius 3 is 2.43 bits per heavy atom. The first kappa shape index (κ1) is 14.2. The van der Waals surface area contributed by atoms with Crippen LogP contribution in [0.3, 0.4) is 0 Å². The first-order valence-corrected chi connectivity index (χ1v) is 8.31. The smallest absolute Gasteiger partial charge is 0.180 e. The van der Waals surface area contributed by atoms with Gasteiger partial charge in [0.2, 0.25) is 0 Å². The van der Waals surface area contributed by atoms with Gasteiger partial charge in [-0.25, -0.2) is 4.98 Å². The van der Waals surface area contributed by atoms with Crippen molar-refractivity contribution in [3.8, 4) is 11.3 Å². The van der Waals surface area contributed by atoms with Crippen LogP contribution < -0.4 is 0 Å². The minimum absolute atomic E-state index is 0.275. The molecule has 1 fully saturated rings. The van der Waals surface area contributed by atoms with Gasteiger partial charge in [-0.1, -0.05) is 49.2 Å². The lowest BCUT2D eigenvalue weighted by molar-refractivity contribution is 0.397. The average molecular weight is 304 g/mol. The molecule has 1 aliphatic rings. The summed E-state index contributed by atoms with van der Waals surface area (Å²) in [7, 11) is 0. The molecular weight excluding hydrogens is 284 g/mol. The number of rotatable bonds is 4. The first-order valence-electron chi connectivity index (χ1n) is 8.31. The lowest BCUT2D eigenvalue weighted by atomic mass is 9.84. The molecule has 2 heterocycles. The van der Waals surface area contributed by atoms with Crippen molar-refractivity contribution < 1.29 is 4.42 Å². The maximum atomic E-state index is 5.64. The number of hydrogen-bond donors (Lipinski definition) is 0. The molecule has 3 nitrogen and oxygen atoms in total. The van der Waals surface area contributed by atoms with E-state index in [-0.39, 0.29) is 5.92 Å². The zero-order chi connectivity index (χ0) is 15.5. The summed E-state index contributed by atoms with van der Waals surface area (Å²) in [5.41, 5.74) is 3.39. The molecule has 3 heteroatoms. The van der Waals surface area contributed by atoms with Gasteiger partial charge < -0.3 is 4.42 Å². The van der Waals surface area contributed by atoms with Gasteiger partial charge in [-0.05, 0) is 30.4 Å². The van der Waals surface area contributed by atoms with E-state index in [0.717, 1.165) is 17.0 Å². The second-order valence-corrected chi connectivity index (χ2v) is 6.27. The highest BCUT2D eigenvalue weighted by Crippen LogP contribution is 2.41. The number of pyridine rings is 1. The van der Waals surface area contributed by atoms with Crippen LogP contribution in [0.4, 0.5) is 0 Å². The number of benzene rings is 1. The quantitative estimate of drug-likeness (QED) is 0.676. The third-order valence-electron chi connectivity index (χ3n) is 4.84. The Morgan fingerprint density at radius 2 is 1.78 bits per heavy atom. The molecule has 0 aliphatic heterocycles. The van der Waals surface area contributed by atoms with Crippen molar-refractivity contribution in [3.05, 3.63) is 72.6 Å². The van der Waals surface area contributed by atoms with Crippen LogP contribution in [0.15, 0.2) is 65.7 Å². The van der Waals surface area contributed by atoms with Gasteiger partial charge in [0.15, 0.2) is 6.39 Å². The van der Waals surface area contributed by atoms with Crippen LogP contribution >= 0.6 is 0 Å². The third kappa shape index (κ3) is 2.91. The van der Waals surface area contributed by atoms with Crippen molar-refractivity contribution >= 4 is 0 Å². The van der Waals surface area contributed by atoms with Crippen LogP contribution in [-0.4, -0.2) is 9.97 Å². The molecule has 1 unspecified atom stereocenters. The predicted octanol–water partition coefficient (Wildman–Crippen LogP) is 5.06. The van der Waals surface area contributed by atoms with Crippen LogP contribution in [0.1, 0.15) is 42.9 Å². The lowest BCUT2D eigenvalue weighted by Gasteiger charge is -2.21. The van der Waals surface area contributed by atoms with Crippen molar-refractivity contribution in [1.82, 2.24) is 9.97 Å². The maximum absolute atomic E-state index is 5.64. The molecule has 1 saturated carbocycles. The van der Waals surface area contributed by atoms with Crippen LogP contribution in [0.2, 0.25) is 0 Å². The van der Waals surface area contributed by atoms with E-state index in [9.17, 15) is 0 Å². The van der Waals surface area contributed by atoms with Crippen LogP contribution in [0.25, 0.3) is 11.3 Å². The molecular formula is C20H20N2O. The highest BCUT2D eigenvalue weighted by Gasteiger charge is 2.30. The molecule has 0 saturated heterocycles. The molecule has 0 N–H and O–H groups in total. The molecule has 0 amide bonds. The minimum Gasteiger partial charge on any atom is -0.448 e. The predicted molar refractivity (Wildman–Crippen MR) is 90.0 cm³/mol. The van der Waals surface area contributed by atoms with Gasteiger partial charge in [0.1, 0.15) is 5.76 Å². The van der Waals surface area contributed by atoms with E-state index in [4.69, 9.17) is 4.42 Å². The van der Waals surface area contributed by atoms with Gasteiger partial charge in [0, 0.05) is 17.7 Å². The molecule has 0 spiro atoms. The van der Waals surface area contributed by atoms with Gasteiger partial charge in [0.25, 0.3) is 0 Å². The van der Waals surface area contributed by atoms with E-state index >= 15 is 0 Å². The molecule has 2 aromatic heterocycles. The second kappa shape index (κ2) is 6.37. The minimum atomic E-state index is 0.275. The van der Waals surface area contributed by atoms with Crippen LogP contribution in [0.5, 0.6) is 0 Å². The second-order valence-electron chi connectivity index (χ2n) is 6.27. The molecule has 1 atom stereocenters. The summed E-state index contributed by atoms with van der Waals surface area (Å²) in [6.45, 7) is 0. The fourth-order valence-corrected chi connectivity index (χ4v) is 3.71. The third-order valence-corrected chi connectivity index (χ3v) is 4.84. The lowest BCUT2D eigenvalue weighted by Crippen LogP contribution is -2.11. The topological polar surface area (TPSA) is 38.9 Å². The van der Waals surface area contributed by atoms with Crippen molar-refractivity contribution in [2.75, 3.05) is 0 Å². The largest absolute Gasteiger partial charge is 0.448 e. The van der Waals surface area contributed by atoms with Crippen molar-refractivity contribution in [2.45, 2.75) is 31.6 Å². The molecule has 0 radical (unpaired) electrons. The van der Waals surface area contributed by atoms with Crippen LogP contribution in [0, 0.1) is 5.92 Å². The molecule has 3 aromatic rings. The van der Waals surface area contributed by atoms with E-state index in [2.05, 4.69) is 34.2 Å². The van der Waals surface area contributed by atoms with Gasteiger partial charge >= 0.3 is 0 Å². The fraction of sp³-hybridized carbons (Fsp3) is 0.300. The van der Waals surface area contributed by atoms with E-state index in [1.54, 1.807) is 0 Å². The van der Waals surface area contributed by atoms with Crippen molar-refractivity contribution in [1.29, 1.82) is 0 Å². The highest BCUT2D eigenvalue weighted by atomic mass is 16.3. The summed E-state index contributed by atoms with van der Waals surface area (Å²) in [6.07, 6.45) is 10.5. The van der Waals surface area contributed by atoms with Gasteiger partial charge in [-0.2, -0.15) is 0 Å². The summed E-state index contributed by atoms with van der Waals surface area (Å²) in [5, 5.41) is 0. The Kier molecular flexibility index (Phi) is 3.93. The standard InChI is InChI=1S/C20H20N2O/c1-2-6-15(7-3-1)18-11-10-17(12-22-18)20(16-8-4-5-9-16)19-13-21-14-23-19/h1-3,6-7,10-14,16,20H,4-5,8-9H2. The Bertz CT molecular complexity index is 729. The molecule has 0 bridgehead atoms. The number of aromatic nitrogens is 2. The molecule has 23 heavy (non-hydrogen) atoms. The Morgan fingerprint density at radius 1 is 0.957 bits per heavy atom. The van der Waals surface area contributed by atoms with Gasteiger partial charge in [0.05, 0.1) is 11.9 Å². The average Bonchev–Trinajstić information content (AvgIpc) is 3.31. The number of nitrogens with zero attached hydrogens (tertiary/aromatic N) is 2. The summed E-state index contributed by atoms with van der Waals surface area (Å²) < 4.78 is 5.64. The Labute approximate surface area is 136 Å². The first-order chi connectivity index (χ1) is 11.4. The molecule has 1 aliphatic carbocycles.